The van der Waals surface area contributed by atoms with Gasteiger partial charge in [0.25, 0.3) is 0 Å². The molecule has 100 valence electrons. The van der Waals surface area contributed by atoms with Gasteiger partial charge in [-0.2, -0.15) is 0 Å². The molecule has 1 aromatic carbocycles. The summed E-state index contributed by atoms with van der Waals surface area (Å²) in [6.45, 7) is 1.47. The molecule has 1 N–H and O–H groups in total. The fourth-order valence-corrected chi connectivity index (χ4v) is 1.88. The molecule has 0 radical (unpaired) electrons. The van der Waals surface area contributed by atoms with Crippen molar-refractivity contribution < 1.29 is 14.3 Å². The molecule has 0 spiro atoms. The van der Waals surface area contributed by atoms with Gasteiger partial charge in [-0.25, -0.2) is 4.79 Å². The number of amides is 2. The highest BCUT2D eigenvalue weighted by atomic mass is 16.6. The molecule has 0 aromatic heterocycles. The van der Waals surface area contributed by atoms with Gasteiger partial charge in [0.05, 0.1) is 6.04 Å². The number of fused-ring (bicyclic) bond motifs is 1. The van der Waals surface area contributed by atoms with E-state index in [1.807, 2.05) is 18.2 Å². The van der Waals surface area contributed by atoms with Crippen LogP contribution in [0.4, 0.5) is 4.79 Å². The third-order valence-electron chi connectivity index (χ3n) is 2.79. The predicted molar refractivity (Wildman–Crippen MR) is 71.7 cm³/mol. The lowest BCUT2D eigenvalue weighted by molar-refractivity contribution is -0.119. The normalized spacial score (nSPS) is 15.8. The standard InChI is InChI=1S/C14H16N2O3/c1-9(17)15-13-7-5-10-4-6-11(8-12(10)13)19-14(18)16(2)3/h4-8,13H,1-3H3,(H,15,17)/t13-/m0/s1. The molecule has 1 aromatic rings. The summed E-state index contributed by atoms with van der Waals surface area (Å²) < 4.78 is 5.20. The van der Waals surface area contributed by atoms with Gasteiger partial charge in [0, 0.05) is 21.0 Å². The predicted octanol–water partition coefficient (Wildman–Crippen LogP) is 1.95. The summed E-state index contributed by atoms with van der Waals surface area (Å²) in [5, 5.41) is 2.82. The van der Waals surface area contributed by atoms with Crippen LogP contribution in [0, 0.1) is 0 Å². The Morgan fingerprint density at radius 3 is 2.68 bits per heavy atom. The summed E-state index contributed by atoms with van der Waals surface area (Å²) >= 11 is 0. The van der Waals surface area contributed by atoms with Crippen molar-refractivity contribution in [3.63, 3.8) is 0 Å². The SMILES string of the molecule is CC(=O)N[C@H]1C=Cc2ccc(OC(=O)N(C)C)cc21. The summed E-state index contributed by atoms with van der Waals surface area (Å²) in [5.41, 5.74) is 1.95. The number of carbonyl (C=O) groups is 2. The van der Waals surface area contributed by atoms with Gasteiger partial charge in [-0.05, 0) is 23.3 Å². The van der Waals surface area contributed by atoms with Crippen molar-refractivity contribution in [2.45, 2.75) is 13.0 Å². The average molecular weight is 260 g/mol. The Morgan fingerprint density at radius 2 is 2.05 bits per heavy atom. The second-order valence-corrected chi connectivity index (χ2v) is 4.59. The molecule has 1 atom stereocenters. The Labute approximate surface area is 111 Å². The zero-order valence-electron chi connectivity index (χ0n) is 11.1. The zero-order valence-corrected chi connectivity index (χ0v) is 11.1. The minimum atomic E-state index is -0.429. The number of hydrogen-bond acceptors (Lipinski definition) is 3. The van der Waals surface area contributed by atoms with E-state index in [-0.39, 0.29) is 11.9 Å². The first-order valence-corrected chi connectivity index (χ1v) is 5.96. The molecule has 2 amide bonds. The molecule has 1 aliphatic carbocycles. The maximum absolute atomic E-state index is 11.5. The van der Waals surface area contributed by atoms with Crippen molar-refractivity contribution in [2.24, 2.45) is 0 Å². The van der Waals surface area contributed by atoms with Crippen LogP contribution in [0.5, 0.6) is 5.75 Å². The lowest BCUT2D eigenvalue weighted by Gasteiger charge is -2.14. The maximum Gasteiger partial charge on any atom is 0.414 e. The molecule has 0 heterocycles. The van der Waals surface area contributed by atoms with Crippen LogP contribution < -0.4 is 10.1 Å². The fraction of sp³-hybridized carbons (Fsp3) is 0.286. The van der Waals surface area contributed by atoms with Crippen LogP contribution in [0.1, 0.15) is 24.1 Å². The number of rotatable bonds is 2. The number of nitrogens with zero attached hydrogens (tertiary/aromatic N) is 1. The Hall–Kier alpha value is -2.30. The van der Waals surface area contributed by atoms with Crippen molar-refractivity contribution in [3.05, 3.63) is 35.4 Å². The molecule has 19 heavy (non-hydrogen) atoms. The molecular weight excluding hydrogens is 244 g/mol. The van der Waals surface area contributed by atoms with Crippen molar-refractivity contribution in [1.29, 1.82) is 0 Å². The number of ether oxygens (including phenoxy) is 1. The van der Waals surface area contributed by atoms with Crippen LogP contribution in [-0.4, -0.2) is 31.0 Å². The van der Waals surface area contributed by atoms with Gasteiger partial charge in [-0.1, -0.05) is 18.2 Å². The highest BCUT2D eigenvalue weighted by molar-refractivity contribution is 5.76. The van der Waals surface area contributed by atoms with E-state index in [1.54, 1.807) is 26.2 Å². The monoisotopic (exact) mass is 260 g/mol. The smallest absolute Gasteiger partial charge is 0.410 e. The van der Waals surface area contributed by atoms with E-state index in [4.69, 9.17) is 4.74 Å². The van der Waals surface area contributed by atoms with E-state index in [9.17, 15) is 9.59 Å². The van der Waals surface area contributed by atoms with Crippen LogP contribution in [0.3, 0.4) is 0 Å². The van der Waals surface area contributed by atoms with Gasteiger partial charge in [0.15, 0.2) is 0 Å². The van der Waals surface area contributed by atoms with Crippen molar-refractivity contribution in [1.82, 2.24) is 10.2 Å². The summed E-state index contributed by atoms with van der Waals surface area (Å²) in [6.07, 6.45) is 3.42. The lowest BCUT2D eigenvalue weighted by atomic mass is 10.1. The molecule has 0 saturated carbocycles. The molecule has 0 saturated heterocycles. The first-order valence-electron chi connectivity index (χ1n) is 5.96. The number of nitrogens with one attached hydrogen (secondary N) is 1. The van der Waals surface area contributed by atoms with Gasteiger partial charge >= 0.3 is 6.09 Å². The van der Waals surface area contributed by atoms with Gasteiger partial charge in [0.2, 0.25) is 5.91 Å². The molecule has 2 rings (SSSR count). The second kappa shape index (κ2) is 5.14. The summed E-state index contributed by atoms with van der Waals surface area (Å²) in [6, 6.07) is 5.22. The Morgan fingerprint density at radius 1 is 1.32 bits per heavy atom. The van der Waals surface area contributed by atoms with Crippen LogP contribution in [0.15, 0.2) is 24.3 Å². The molecule has 5 nitrogen and oxygen atoms in total. The second-order valence-electron chi connectivity index (χ2n) is 4.59. The third kappa shape index (κ3) is 2.93. The third-order valence-corrected chi connectivity index (χ3v) is 2.79. The quantitative estimate of drug-likeness (QED) is 0.884. The molecule has 1 aliphatic rings. The fourth-order valence-electron chi connectivity index (χ4n) is 1.88. The summed E-state index contributed by atoms with van der Waals surface area (Å²) in [7, 11) is 3.24. The van der Waals surface area contributed by atoms with Crippen molar-refractivity contribution >= 4 is 18.1 Å². The van der Waals surface area contributed by atoms with E-state index in [0.717, 1.165) is 11.1 Å². The number of carbonyl (C=O) groups excluding carboxylic acids is 2. The van der Waals surface area contributed by atoms with E-state index in [2.05, 4.69) is 5.32 Å². The van der Waals surface area contributed by atoms with E-state index in [0.29, 0.717) is 5.75 Å². The molecular formula is C14H16N2O3. The first-order chi connectivity index (χ1) is 8.97. The zero-order chi connectivity index (χ0) is 14.0. The Kier molecular flexibility index (Phi) is 3.55. The van der Waals surface area contributed by atoms with Gasteiger partial charge in [-0.15, -0.1) is 0 Å². The maximum atomic E-state index is 11.5. The Balaban J connectivity index is 2.19. The summed E-state index contributed by atoms with van der Waals surface area (Å²) in [5.74, 6) is 0.370. The minimum Gasteiger partial charge on any atom is -0.410 e. The Bertz CT molecular complexity index is 550. The van der Waals surface area contributed by atoms with Crippen LogP contribution in [0.25, 0.3) is 6.08 Å². The minimum absolute atomic E-state index is 0.0989. The van der Waals surface area contributed by atoms with Crippen LogP contribution >= 0.6 is 0 Å². The van der Waals surface area contributed by atoms with E-state index < -0.39 is 6.09 Å². The largest absolute Gasteiger partial charge is 0.414 e. The molecule has 0 bridgehead atoms. The van der Waals surface area contributed by atoms with Crippen LogP contribution in [-0.2, 0) is 4.79 Å². The highest BCUT2D eigenvalue weighted by Gasteiger charge is 2.19. The average Bonchev–Trinajstić information content (AvgIpc) is 2.71. The van der Waals surface area contributed by atoms with E-state index >= 15 is 0 Å². The van der Waals surface area contributed by atoms with Crippen LogP contribution in [0.2, 0.25) is 0 Å². The van der Waals surface area contributed by atoms with Crippen molar-refractivity contribution in [2.75, 3.05) is 14.1 Å². The molecule has 0 unspecified atom stereocenters. The van der Waals surface area contributed by atoms with Crippen molar-refractivity contribution in [3.8, 4) is 5.75 Å². The summed E-state index contributed by atoms with van der Waals surface area (Å²) in [4.78, 5) is 24.0. The highest BCUT2D eigenvalue weighted by Crippen LogP contribution is 2.31. The first kappa shape index (κ1) is 13.1. The topological polar surface area (TPSA) is 58.6 Å². The van der Waals surface area contributed by atoms with Gasteiger partial charge in [0.1, 0.15) is 5.75 Å². The van der Waals surface area contributed by atoms with E-state index in [1.165, 1.54) is 11.8 Å². The van der Waals surface area contributed by atoms with Gasteiger partial charge < -0.3 is 15.0 Å². The lowest BCUT2D eigenvalue weighted by Crippen LogP contribution is -2.26. The molecule has 5 heteroatoms. The number of benzene rings is 1. The van der Waals surface area contributed by atoms with Gasteiger partial charge in [-0.3, -0.25) is 4.79 Å². The molecule has 0 aliphatic heterocycles. The molecule has 0 fully saturated rings. The number of hydrogen-bond donors (Lipinski definition) is 1.